The quantitative estimate of drug-likeness (QED) is 0.753. The van der Waals surface area contributed by atoms with Crippen molar-refractivity contribution in [1.29, 1.82) is 0 Å². The summed E-state index contributed by atoms with van der Waals surface area (Å²) in [6, 6.07) is 13.4. The predicted octanol–water partition coefficient (Wildman–Crippen LogP) is 4.19. The molecule has 1 saturated carbocycles. The van der Waals surface area contributed by atoms with Gasteiger partial charge in [0.2, 0.25) is 0 Å². The van der Waals surface area contributed by atoms with Gasteiger partial charge >= 0.3 is 0 Å². The molecule has 0 spiro atoms. The Balaban J connectivity index is 1.53. The lowest BCUT2D eigenvalue weighted by Gasteiger charge is -2.28. The molecule has 2 N–H and O–H groups in total. The topological polar surface area (TPSA) is 62.9 Å². The van der Waals surface area contributed by atoms with E-state index in [0.29, 0.717) is 18.4 Å². The summed E-state index contributed by atoms with van der Waals surface area (Å²) in [5.41, 5.74) is 7.82. The van der Waals surface area contributed by atoms with E-state index < -0.39 is 0 Å². The highest BCUT2D eigenvalue weighted by Crippen LogP contribution is 2.31. The molecule has 1 aliphatic rings. The van der Waals surface area contributed by atoms with Crippen LogP contribution in [0, 0.1) is 0 Å². The van der Waals surface area contributed by atoms with Crippen LogP contribution in [0.4, 0.5) is 5.69 Å². The molecule has 0 unspecified atom stereocenters. The fourth-order valence-electron chi connectivity index (χ4n) is 3.18. The molecule has 0 bridgehead atoms. The van der Waals surface area contributed by atoms with Crippen LogP contribution in [0.3, 0.4) is 0 Å². The maximum atomic E-state index is 6.15. The number of nitrogen functional groups attached to an aromatic ring is 1. The van der Waals surface area contributed by atoms with E-state index in [1.807, 2.05) is 42.5 Å². The second-order valence-corrected chi connectivity index (χ2v) is 6.59. The van der Waals surface area contributed by atoms with Crippen LogP contribution in [0.5, 0.6) is 17.2 Å². The molecule has 2 aromatic carbocycles. The lowest BCUT2D eigenvalue weighted by Crippen LogP contribution is -2.27. The van der Waals surface area contributed by atoms with Crippen molar-refractivity contribution in [2.45, 2.75) is 44.5 Å². The van der Waals surface area contributed by atoms with Gasteiger partial charge in [-0.25, -0.2) is 0 Å². The number of rotatable bonds is 7. The van der Waals surface area contributed by atoms with E-state index in [1.54, 1.807) is 14.2 Å². The van der Waals surface area contributed by atoms with E-state index in [2.05, 4.69) is 0 Å². The number of anilines is 1. The third-order valence-electron chi connectivity index (χ3n) is 4.79. The zero-order chi connectivity index (χ0) is 18.4. The summed E-state index contributed by atoms with van der Waals surface area (Å²) in [6.45, 7) is 0.477. The lowest BCUT2D eigenvalue weighted by atomic mass is 9.95. The maximum Gasteiger partial charge on any atom is 0.142 e. The molecule has 5 nitrogen and oxygen atoms in total. The normalized spacial score (nSPS) is 19.8. The second-order valence-electron chi connectivity index (χ2n) is 6.59. The lowest BCUT2D eigenvalue weighted by molar-refractivity contribution is 0.0329. The summed E-state index contributed by atoms with van der Waals surface area (Å²) >= 11 is 0. The average Bonchev–Trinajstić information content (AvgIpc) is 2.69. The zero-order valence-corrected chi connectivity index (χ0v) is 15.4. The zero-order valence-electron chi connectivity index (χ0n) is 15.4. The molecule has 26 heavy (non-hydrogen) atoms. The SMILES string of the molecule is COc1ccc(COc2ccc(OC3CCC(OC)CC3)c(N)c2)cc1. The molecular formula is C21H27NO4. The number of ether oxygens (including phenoxy) is 4. The van der Waals surface area contributed by atoms with Gasteiger partial charge in [0.05, 0.1) is 25.0 Å². The monoisotopic (exact) mass is 357 g/mol. The fraction of sp³-hybridized carbons (Fsp3) is 0.429. The Morgan fingerprint density at radius 1 is 0.885 bits per heavy atom. The van der Waals surface area contributed by atoms with Crippen molar-refractivity contribution in [3.63, 3.8) is 0 Å². The molecule has 5 heteroatoms. The Bertz CT molecular complexity index is 694. The standard InChI is InChI=1S/C21H27NO4/c1-23-16-5-3-15(4-6-16)14-25-19-11-12-21(20(22)13-19)26-18-9-7-17(24-2)8-10-18/h3-6,11-13,17-18H,7-10,14,22H2,1-2H3. The minimum atomic E-state index is 0.203. The highest BCUT2D eigenvalue weighted by atomic mass is 16.5. The smallest absolute Gasteiger partial charge is 0.142 e. The molecule has 1 fully saturated rings. The van der Waals surface area contributed by atoms with E-state index in [-0.39, 0.29) is 6.10 Å². The van der Waals surface area contributed by atoms with Crippen LogP contribution in [-0.4, -0.2) is 26.4 Å². The Morgan fingerprint density at radius 2 is 1.54 bits per heavy atom. The van der Waals surface area contributed by atoms with Crippen LogP contribution in [0.2, 0.25) is 0 Å². The molecule has 0 radical (unpaired) electrons. The molecule has 0 aromatic heterocycles. The molecule has 3 rings (SSSR count). The summed E-state index contributed by atoms with van der Waals surface area (Å²) in [4.78, 5) is 0. The van der Waals surface area contributed by atoms with Gasteiger partial charge in [0, 0.05) is 13.2 Å². The fourth-order valence-corrected chi connectivity index (χ4v) is 3.18. The van der Waals surface area contributed by atoms with Gasteiger partial charge in [0.25, 0.3) is 0 Å². The molecule has 0 heterocycles. The molecule has 2 aromatic rings. The van der Waals surface area contributed by atoms with E-state index in [9.17, 15) is 0 Å². The van der Waals surface area contributed by atoms with Gasteiger partial charge in [0.1, 0.15) is 23.9 Å². The van der Waals surface area contributed by atoms with Crippen molar-refractivity contribution in [2.75, 3.05) is 20.0 Å². The van der Waals surface area contributed by atoms with Gasteiger partial charge in [-0.05, 0) is 55.5 Å². The van der Waals surface area contributed by atoms with E-state index in [0.717, 1.165) is 48.5 Å². The first-order valence-corrected chi connectivity index (χ1v) is 9.02. The molecule has 0 atom stereocenters. The first kappa shape index (κ1) is 18.4. The van der Waals surface area contributed by atoms with E-state index >= 15 is 0 Å². The molecule has 0 saturated heterocycles. The second kappa shape index (κ2) is 8.81. The summed E-state index contributed by atoms with van der Waals surface area (Å²) < 4.78 is 22.5. The van der Waals surface area contributed by atoms with Gasteiger partial charge in [-0.2, -0.15) is 0 Å². The van der Waals surface area contributed by atoms with Crippen molar-refractivity contribution in [2.24, 2.45) is 0 Å². The van der Waals surface area contributed by atoms with Crippen molar-refractivity contribution in [1.82, 2.24) is 0 Å². The third-order valence-corrected chi connectivity index (χ3v) is 4.79. The van der Waals surface area contributed by atoms with Crippen LogP contribution in [0.15, 0.2) is 42.5 Å². The number of hydrogen-bond acceptors (Lipinski definition) is 5. The number of hydrogen-bond donors (Lipinski definition) is 1. The largest absolute Gasteiger partial charge is 0.497 e. The Morgan fingerprint density at radius 3 is 2.15 bits per heavy atom. The molecular weight excluding hydrogens is 330 g/mol. The van der Waals surface area contributed by atoms with Crippen LogP contribution in [-0.2, 0) is 11.3 Å². The van der Waals surface area contributed by atoms with Crippen LogP contribution in [0.1, 0.15) is 31.2 Å². The van der Waals surface area contributed by atoms with Crippen LogP contribution < -0.4 is 19.9 Å². The Kier molecular flexibility index (Phi) is 6.23. The van der Waals surface area contributed by atoms with Crippen molar-refractivity contribution in [3.05, 3.63) is 48.0 Å². The average molecular weight is 357 g/mol. The van der Waals surface area contributed by atoms with Gasteiger partial charge in [-0.3, -0.25) is 0 Å². The van der Waals surface area contributed by atoms with Gasteiger partial charge < -0.3 is 24.7 Å². The van der Waals surface area contributed by atoms with Crippen LogP contribution in [0.25, 0.3) is 0 Å². The molecule has 0 amide bonds. The molecule has 0 aliphatic heterocycles. The number of nitrogens with two attached hydrogens (primary N) is 1. The van der Waals surface area contributed by atoms with E-state index in [4.69, 9.17) is 24.7 Å². The molecule has 140 valence electrons. The minimum absolute atomic E-state index is 0.203. The summed E-state index contributed by atoms with van der Waals surface area (Å²) in [5, 5.41) is 0. The first-order chi connectivity index (χ1) is 12.7. The van der Waals surface area contributed by atoms with Crippen molar-refractivity contribution in [3.8, 4) is 17.2 Å². The Labute approximate surface area is 155 Å². The third kappa shape index (κ3) is 4.82. The maximum absolute atomic E-state index is 6.15. The van der Waals surface area contributed by atoms with Crippen molar-refractivity contribution >= 4 is 5.69 Å². The summed E-state index contributed by atoms with van der Waals surface area (Å²) in [5.74, 6) is 2.29. The summed E-state index contributed by atoms with van der Waals surface area (Å²) in [7, 11) is 3.43. The predicted molar refractivity (Wildman–Crippen MR) is 102 cm³/mol. The highest BCUT2D eigenvalue weighted by Gasteiger charge is 2.22. The summed E-state index contributed by atoms with van der Waals surface area (Å²) in [6.07, 6.45) is 4.62. The Hall–Kier alpha value is -2.40. The minimum Gasteiger partial charge on any atom is -0.497 e. The van der Waals surface area contributed by atoms with E-state index in [1.165, 1.54) is 0 Å². The van der Waals surface area contributed by atoms with Gasteiger partial charge in [0.15, 0.2) is 0 Å². The number of methoxy groups -OCH3 is 2. The van der Waals surface area contributed by atoms with Crippen molar-refractivity contribution < 1.29 is 18.9 Å². The van der Waals surface area contributed by atoms with Gasteiger partial charge in [-0.1, -0.05) is 12.1 Å². The van der Waals surface area contributed by atoms with Gasteiger partial charge in [-0.15, -0.1) is 0 Å². The first-order valence-electron chi connectivity index (χ1n) is 9.02. The highest BCUT2D eigenvalue weighted by molar-refractivity contribution is 5.56. The van der Waals surface area contributed by atoms with Crippen LogP contribution >= 0.6 is 0 Å². The molecule has 1 aliphatic carbocycles. The number of benzene rings is 2.